The van der Waals surface area contributed by atoms with E-state index in [2.05, 4.69) is 29.0 Å². The maximum absolute atomic E-state index is 11.6. The number of aromatic nitrogens is 2. The van der Waals surface area contributed by atoms with E-state index in [1.165, 1.54) is 12.7 Å². The topological polar surface area (TPSA) is 55.0 Å². The van der Waals surface area contributed by atoms with Crippen molar-refractivity contribution >= 4 is 5.97 Å². The number of methoxy groups -OCH3 is 1. The number of aromatic amines is 1. The van der Waals surface area contributed by atoms with E-state index in [1.54, 1.807) is 6.07 Å². The lowest BCUT2D eigenvalue weighted by Crippen LogP contribution is -2.02. The van der Waals surface area contributed by atoms with Crippen LogP contribution in [0.15, 0.2) is 54.7 Å². The van der Waals surface area contributed by atoms with Gasteiger partial charge in [-0.25, -0.2) is 9.78 Å². The summed E-state index contributed by atoms with van der Waals surface area (Å²) in [5, 5.41) is 0. The van der Waals surface area contributed by atoms with Crippen LogP contribution in [0.5, 0.6) is 0 Å². The Labute approximate surface area is 141 Å². The molecule has 0 aliphatic heterocycles. The van der Waals surface area contributed by atoms with Crippen molar-refractivity contribution in [3.63, 3.8) is 0 Å². The van der Waals surface area contributed by atoms with Crippen LogP contribution in [0, 0.1) is 6.92 Å². The van der Waals surface area contributed by atoms with Gasteiger partial charge in [0.2, 0.25) is 0 Å². The minimum atomic E-state index is -0.305. The van der Waals surface area contributed by atoms with E-state index >= 15 is 0 Å². The van der Waals surface area contributed by atoms with Crippen LogP contribution in [-0.4, -0.2) is 23.0 Å². The van der Waals surface area contributed by atoms with Crippen LogP contribution in [0.3, 0.4) is 0 Å². The fraction of sp³-hybridized carbons (Fsp3) is 0.200. The Morgan fingerprint density at radius 2 is 1.96 bits per heavy atom. The summed E-state index contributed by atoms with van der Waals surface area (Å²) >= 11 is 0. The zero-order valence-electron chi connectivity index (χ0n) is 13.9. The van der Waals surface area contributed by atoms with Gasteiger partial charge in [-0.15, -0.1) is 0 Å². The minimum absolute atomic E-state index is 0.305. The van der Waals surface area contributed by atoms with Crippen molar-refractivity contribution in [2.75, 3.05) is 7.11 Å². The molecule has 2 aromatic carbocycles. The SMILES string of the molecule is COC(=O)c1cccc(CCc2cnc(-c3ccccc3C)[nH]2)c1. The number of esters is 1. The average molecular weight is 320 g/mol. The van der Waals surface area contributed by atoms with Gasteiger partial charge in [0.05, 0.1) is 12.7 Å². The molecule has 0 radical (unpaired) electrons. The smallest absolute Gasteiger partial charge is 0.337 e. The highest BCUT2D eigenvalue weighted by Gasteiger charge is 2.08. The summed E-state index contributed by atoms with van der Waals surface area (Å²) in [7, 11) is 1.40. The molecule has 0 bridgehead atoms. The zero-order chi connectivity index (χ0) is 16.9. The number of imidazole rings is 1. The molecule has 3 aromatic rings. The highest BCUT2D eigenvalue weighted by molar-refractivity contribution is 5.89. The number of nitrogens with zero attached hydrogens (tertiary/aromatic N) is 1. The van der Waals surface area contributed by atoms with Crippen molar-refractivity contribution in [3.05, 3.63) is 77.1 Å². The first-order chi connectivity index (χ1) is 11.7. The number of hydrogen-bond donors (Lipinski definition) is 1. The lowest BCUT2D eigenvalue weighted by Gasteiger charge is -2.04. The monoisotopic (exact) mass is 320 g/mol. The molecule has 0 saturated heterocycles. The second kappa shape index (κ2) is 7.13. The molecule has 1 N–H and O–H groups in total. The van der Waals surface area contributed by atoms with Crippen molar-refractivity contribution < 1.29 is 9.53 Å². The van der Waals surface area contributed by atoms with Crippen LogP contribution in [0.25, 0.3) is 11.4 Å². The van der Waals surface area contributed by atoms with Gasteiger partial charge in [-0.3, -0.25) is 0 Å². The summed E-state index contributed by atoms with van der Waals surface area (Å²) in [5.74, 6) is 0.589. The third-order valence-electron chi connectivity index (χ3n) is 4.06. The van der Waals surface area contributed by atoms with E-state index in [-0.39, 0.29) is 5.97 Å². The molecular formula is C20H20N2O2. The Morgan fingerprint density at radius 3 is 2.75 bits per heavy atom. The standard InChI is InChI=1S/C20H20N2O2/c1-14-6-3-4-9-18(14)19-21-13-17(22-19)11-10-15-7-5-8-16(12-15)20(23)24-2/h3-9,12-13H,10-11H2,1-2H3,(H,21,22). The molecular weight excluding hydrogens is 300 g/mol. The molecule has 0 saturated carbocycles. The maximum Gasteiger partial charge on any atom is 0.337 e. The maximum atomic E-state index is 11.6. The molecule has 24 heavy (non-hydrogen) atoms. The Hall–Kier alpha value is -2.88. The van der Waals surface area contributed by atoms with Gasteiger partial charge >= 0.3 is 5.97 Å². The zero-order valence-corrected chi connectivity index (χ0v) is 13.9. The van der Waals surface area contributed by atoms with Crippen LogP contribution in [0.4, 0.5) is 0 Å². The van der Waals surface area contributed by atoms with Gasteiger partial charge in [-0.2, -0.15) is 0 Å². The van der Waals surface area contributed by atoms with Gasteiger partial charge < -0.3 is 9.72 Å². The van der Waals surface area contributed by atoms with E-state index in [0.29, 0.717) is 5.56 Å². The third kappa shape index (κ3) is 3.54. The average Bonchev–Trinajstić information content (AvgIpc) is 3.08. The van der Waals surface area contributed by atoms with E-state index in [0.717, 1.165) is 35.5 Å². The fourth-order valence-electron chi connectivity index (χ4n) is 2.71. The normalized spacial score (nSPS) is 10.6. The number of aryl methyl sites for hydroxylation is 3. The van der Waals surface area contributed by atoms with Crippen molar-refractivity contribution in [2.45, 2.75) is 19.8 Å². The lowest BCUT2D eigenvalue weighted by atomic mass is 10.1. The molecule has 4 nitrogen and oxygen atoms in total. The van der Waals surface area contributed by atoms with Crippen molar-refractivity contribution in [2.24, 2.45) is 0 Å². The number of benzene rings is 2. The highest BCUT2D eigenvalue weighted by atomic mass is 16.5. The number of rotatable bonds is 5. The first kappa shape index (κ1) is 16.0. The molecule has 1 aromatic heterocycles. The molecule has 0 aliphatic rings. The van der Waals surface area contributed by atoms with Gasteiger partial charge in [0, 0.05) is 17.5 Å². The second-order valence-electron chi connectivity index (χ2n) is 5.76. The minimum Gasteiger partial charge on any atom is -0.465 e. The molecule has 1 heterocycles. The summed E-state index contributed by atoms with van der Waals surface area (Å²) in [6.07, 6.45) is 3.55. The highest BCUT2D eigenvalue weighted by Crippen LogP contribution is 2.20. The van der Waals surface area contributed by atoms with Crippen molar-refractivity contribution in [3.8, 4) is 11.4 Å². The van der Waals surface area contributed by atoms with Crippen LogP contribution in [-0.2, 0) is 17.6 Å². The molecule has 0 atom stereocenters. The first-order valence-electron chi connectivity index (χ1n) is 7.94. The number of nitrogens with one attached hydrogen (secondary N) is 1. The summed E-state index contributed by atoms with van der Waals surface area (Å²) in [6, 6.07) is 15.7. The van der Waals surface area contributed by atoms with Crippen LogP contribution < -0.4 is 0 Å². The van der Waals surface area contributed by atoms with Crippen molar-refractivity contribution in [1.29, 1.82) is 0 Å². The number of hydrogen-bond acceptors (Lipinski definition) is 3. The van der Waals surface area contributed by atoms with E-state index in [9.17, 15) is 4.79 Å². The van der Waals surface area contributed by atoms with Crippen molar-refractivity contribution in [1.82, 2.24) is 9.97 Å². The molecule has 3 rings (SSSR count). The molecule has 0 aliphatic carbocycles. The predicted octanol–water partition coefficient (Wildman–Crippen LogP) is 3.96. The summed E-state index contributed by atoms with van der Waals surface area (Å²) in [6.45, 7) is 2.08. The number of H-pyrrole nitrogens is 1. The Kier molecular flexibility index (Phi) is 4.75. The Balaban J connectivity index is 1.70. The third-order valence-corrected chi connectivity index (χ3v) is 4.06. The molecule has 122 valence electrons. The largest absolute Gasteiger partial charge is 0.465 e. The van der Waals surface area contributed by atoms with E-state index in [1.807, 2.05) is 36.5 Å². The van der Waals surface area contributed by atoms with Gasteiger partial charge in [0.1, 0.15) is 5.82 Å². The first-order valence-corrected chi connectivity index (χ1v) is 7.94. The quantitative estimate of drug-likeness (QED) is 0.724. The lowest BCUT2D eigenvalue weighted by molar-refractivity contribution is 0.0600. The van der Waals surface area contributed by atoms with Gasteiger partial charge in [0.25, 0.3) is 0 Å². The number of carbonyl (C=O) groups excluding carboxylic acids is 1. The molecule has 0 fully saturated rings. The van der Waals surface area contributed by atoms with Gasteiger partial charge in [-0.05, 0) is 43.0 Å². The summed E-state index contributed by atoms with van der Waals surface area (Å²) < 4.78 is 4.76. The fourth-order valence-corrected chi connectivity index (χ4v) is 2.71. The summed E-state index contributed by atoms with van der Waals surface area (Å²) in [4.78, 5) is 19.5. The molecule has 0 spiro atoms. The number of carbonyl (C=O) groups is 1. The second-order valence-corrected chi connectivity index (χ2v) is 5.76. The van der Waals surface area contributed by atoms with Crippen LogP contribution in [0.1, 0.15) is 27.2 Å². The van der Waals surface area contributed by atoms with E-state index < -0.39 is 0 Å². The molecule has 0 unspecified atom stereocenters. The molecule has 4 heteroatoms. The van der Waals surface area contributed by atoms with Gasteiger partial charge in [-0.1, -0.05) is 36.4 Å². The Bertz CT molecular complexity index is 852. The van der Waals surface area contributed by atoms with Crippen LogP contribution >= 0.6 is 0 Å². The van der Waals surface area contributed by atoms with Crippen LogP contribution in [0.2, 0.25) is 0 Å². The van der Waals surface area contributed by atoms with E-state index in [4.69, 9.17) is 4.74 Å². The molecule has 0 amide bonds. The van der Waals surface area contributed by atoms with Gasteiger partial charge in [0.15, 0.2) is 0 Å². The number of ether oxygens (including phenoxy) is 1. The predicted molar refractivity (Wildman–Crippen MR) is 94.0 cm³/mol. The Morgan fingerprint density at radius 1 is 1.12 bits per heavy atom. The summed E-state index contributed by atoms with van der Waals surface area (Å²) in [5.41, 5.74) is 5.09.